The Morgan fingerprint density at radius 1 is 0.865 bits per heavy atom. The van der Waals surface area contributed by atoms with Crippen molar-refractivity contribution in [3.8, 4) is 0 Å². The molecule has 5 rings (SSSR count). The average molecular weight is 527 g/mol. The van der Waals surface area contributed by atoms with Gasteiger partial charge in [0.05, 0.1) is 10.5 Å². The summed E-state index contributed by atoms with van der Waals surface area (Å²) in [6.07, 6.45) is -3.64. The number of halogens is 3. The molecule has 0 aliphatic carbocycles. The maximum absolute atomic E-state index is 13.5. The molecule has 1 aromatic heterocycles. The molecule has 0 unspecified atom stereocenters. The topological polar surface area (TPSA) is 42.3 Å². The van der Waals surface area contributed by atoms with E-state index in [0.717, 1.165) is 35.3 Å². The molecular formula is C29H29F3N2O2S. The Hall–Kier alpha value is -3.10. The van der Waals surface area contributed by atoms with Gasteiger partial charge in [0.2, 0.25) is 10.0 Å². The Morgan fingerprint density at radius 3 is 2.19 bits per heavy atom. The van der Waals surface area contributed by atoms with Gasteiger partial charge in [-0.2, -0.15) is 17.5 Å². The van der Waals surface area contributed by atoms with Gasteiger partial charge in [-0.05, 0) is 67.5 Å². The van der Waals surface area contributed by atoms with Gasteiger partial charge in [-0.1, -0.05) is 54.6 Å². The minimum absolute atomic E-state index is 0.118. The van der Waals surface area contributed by atoms with Crippen LogP contribution >= 0.6 is 0 Å². The summed E-state index contributed by atoms with van der Waals surface area (Å²) in [7, 11) is -4.27. The van der Waals surface area contributed by atoms with Gasteiger partial charge in [-0.25, -0.2) is 8.42 Å². The number of sulfonamides is 1. The van der Waals surface area contributed by atoms with Crippen LogP contribution in [0, 0.1) is 13.8 Å². The summed E-state index contributed by atoms with van der Waals surface area (Å²) >= 11 is 0. The van der Waals surface area contributed by atoms with Crippen molar-refractivity contribution in [3.05, 3.63) is 101 Å². The van der Waals surface area contributed by atoms with Crippen LogP contribution in [0.25, 0.3) is 10.9 Å². The lowest BCUT2D eigenvalue weighted by Crippen LogP contribution is -2.38. The van der Waals surface area contributed by atoms with Crippen molar-refractivity contribution in [3.63, 3.8) is 0 Å². The first-order valence-electron chi connectivity index (χ1n) is 12.4. The van der Waals surface area contributed by atoms with E-state index in [0.29, 0.717) is 12.8 Å². The standard InChI is InChI=1S/C29H29F3N2O2S/c1-20-9-3-4-10-23(20)19-34-21(2)28(24-11-5-7-13-26(24)34)22-15-17-33(18-16-22)37(35,36)27-14-8-6-12-25(27)29(30,31)32/h3-14,22H,15-19H2,1-2H3. The third-order valence-electron chi connectivity index (χ3n) is 7.54. The van der Waals surface area contributed by atoms with E-state index in [4.69, 9.17) is 0 Å². The number of nitrogens with zero attached hydrogens (tertiary/aromatic N) is 2. The van der Waals surface area contributed by atoms with E-state index in [1.807, 2.05) is 24.3 Å². The summed E-state index contributed by atoms with van der Waals surface area (Å²) in [4.78, 5) is -0.674. The summed E-state index contributed by atoms with van der Waals surface area (Å²) in [5.74, 6) is 0.118. The fraction of sp³-hybridized carbons (Fsp3) is 0.310. The summed E-state index contributed by atoms with van der Waals surface area (Å²) in [5, 5.41) is 1.15. The highest BCUT2D eigenvalue weighted by molar-refractivity contribution is 7.89. The van der Waals surface area contributed by atoms with Crippen molar-refractivity contribution in [1.29, 1.82) is 0 Å². The molecule has 37 heavy (non-hydrogen) atoms. The highest BCUT2D eigenvalue weighted by Crippen LogP contribution is 2.40. The van der Waals surface area contributed by atoms with E-state index < -0.39 is 26.7 Å². The predicted octanol–water partition coefficient (Wildman–Crippen LogP) is 6.89. The minimum atomic E-state index is -4.74. The number of aryl methyl sites for hydroxylation is 1. The Labute approximate surface area is 215 Å². The third kappa shape index (κ3) is 4.68. The minimum Gasteiger partial charge on any atom is -0.340 e. The second-order valence-electron chi connectivity index (χ2n) is 9.70. The van der Waals surface area contributed by atoms with Crippen molar-refractivity contribution in [2.24, 2.45) is 0 Å². The van der Waals surface area contributed by atoms with E-state index in [1.165, 1.54) is 33.1 Å². The monoisotopic (exact) mass is 526 g/mol. The van der Waals surface area contributed by atoms with Crippen LogP contribution in [0.15, 0.2) is 77.7 Å². The van der Waals surface area contributed by atoms with Gasteiger partial charge in [0.25, 0.3) is 0 Å². The van der Waals surface area contributed by atoms with E-state index in [9.17, 15) is 21.6 Å². The first-order valence-corrected chi connectivity index (χ1v) is 13.8. The number of alkyl halides is 3. The molecule has 1 aliphatic heterocycles. The predicted molar refractivity (Wildman–Crippen MR) is 139 cm³/mol. The third-order valence-corrected chi connectivity index (χ3v) is 9.50. The van der Waals surface area contributed by atoms with Crippen molar-refractivity contribution in [2.45, 2.75) is 50.2 Å². The molecule has 1 fully saturated rings. The van der Waals surface area contributed by atoms with Gasteiger partial charge in [0.15, 0.2) is 0 Å². The summed E-state index contributed by atoms with van der Waals surface area (Å²) in [6.45, 7) is 5.30. The molecule has 4 aromatic rings. The Balaban J connectivity index is 1.44. The number of fused-ring (bicyclic) bond motifs is 1. The first-order chi connectivity index (χ1) is 17.6. The number of hydrogen-bond donors (Lipinski definition) is 0. The van der Waals surface area contributed by atoms with Gasteiger partial charge >= 0.3 is 6.18 Å². The van der Waals surface area contributed by atoms with E-state index >= 15 is 0 Å². The second-order valence-corrected chi connectivity index (χ2v) is 11.6. The van der Waals surface area contributed by atoms with Crippen molar-refractivity contribution >= 4 is 20.9 Å². The molecule has 4 nitrogen and oxygen atoms in total. The van der Waals surface area contributed by atoms with E-state index in [1.54, 1.807) is 0 Å². The maximum atomic E-state index is 13.5. The fourth-order valence-corrected chi connectivity index (χ4v) is 7.27. The summed E-state index contributed by atoms with van der Waals surface area (Å²) in [6, 6.07) is 21.0. The number of para-hydroxylation sites is 1. The number of hydrogen-bond acceptors (Lipinski definition) is 2. The Kier molecular flexibility index (Phi) is 6.66. The fourth-order valence-electron chi connectivity index (χ4n) is 5.58. The lowest BCUT2D eigenvalue weighted by atomic mass is 9.88. The number of piperidine rings is 1. The normalized spacial score (nSPS) is 15.9. The van der Waals surface area contributed by atoms with Gasteiger partial charge in [-0.15, -0.1) is 0 Å². The van der Waals surface area contributed by atoms with Crippen molar-refractivity contribution in [2.75, 3.05) is 13.1 Å². The van der Waals surface area contributed by atoms with Gasteiger partial charge < -0.3 is 4.57 Å². The van der Waals surface area contributed by atoms with Crippen LogP contribution in [0.5, 0.6) is 0 Å². The average Bonchev–Trinajstić information content (AvgIpc) is 3.16. The molecule has 0 amide bonds. The molecular weight excluding hydrogens is 497 g/mol. The van der Waals surface area contributed by atoms with E-state index in [2.05, 4.69) is 42.7 Å². The van der Waals surface area contributed by atoms with Crippen LogP contribution in [0.3, 0.4) is 0 Å². The number of aromatic nitrogens is 1. The van der Waals surface area contributed by atoms with Gasteiger partial charge in [0.1, 0.15) is 0 Å². The molecule has 1 aliphatic rings. The zero-order chi connectivity index (χ0) is 26.4. The lowest BCUT2D eigenvalue weighted by Gasteiger charge is -2.32. The number of rotatable bonds is 5. The maximum Gasteiger partial charge on any atom is 0.417 e. The lowest BCUT2D eigenvalue weighted by molar-refractivity contribution is -0.139. The largest absolute Gasteiger partial charge is 0.417 e. The molecule has 0 N–H and O–H groups in total. The van der Waals surface area contributed by atoms with Gasteiger partial charge in [-0.3, -0.25) is 0 Å². The first kappa shape index (κ1) is 25.5. The van der Waals surface area contributed by atoms with Gasteiger partial charge in [0, 0.05) is 36.2 Å². The van der Waals surface area contributed by atoms with E-state index in [-0.39, 0.29) is 19.0 Å². The van der Waals surface area contributed by atoms with Crippen LogP contribution in [-0.2, 0) is 22.7 Å². The molecule has 0 radical (unpaired) electrons. The second kappa shape index (κ2) is 9.65. The van der Waals surface area contributed by atoms with Crippen LogP contribution in [0.1, 0.15) is 46.7 Å². The molecule has 1 saturated heterocycles. The highest BCUT2D eigenvalue weighted by Gasteiger charge is 2.40. The molecule has 3 aromatic carbocycles. The van der Waals surface area contributed by atoms with Crippen molar-refractivity contribution in [1.82, 2.24) is 8.87 Å². The van der Waals surface area contributed by atoms with Crippen LogP contribution in [-0.4, -0.2) is 30.4 Å². The molecule has 0 atom stereocenters. The van der Waals surface area contributed by atoms with Crippen LogP contribution < -0.4 is 0 Å². The molecule has 8 heteroatoms. The molecule has 2 heterocycles. The number of benzene rings is 3. The Bertz CT molecular complexity index is 1550. The molecule has 0 spiro atoms. The molecule has 194 valence electrons. The summed E-state index contributed by atoms with van der Waals surface area (Å²) in [5.41, 5.74) is 4.82. The smallest absolute Gasteiger partial charge is 0.340 e. The molecule has 0 saturated carbocycles. The van der Waals surface area contributed by atoms with Crippen LogP contribution in [0.4, 0.5) is 13.2 Å². The zero-order valence-electron chi connectivity index (χ0n) is 20.8. The van der Waals surface area contributed by atoms with Crippen molar-refractivity contribution < 1.29 is 21.6 Å². The SMILES string of the molecule is Cc1ccccc1Cn1c(C)c(C2CCN(S(=O)(=O)c3ccccc3C(F)(F)F)CC2)c2ccccc21. The van der Waals surface area contributed by atoms with Crippen LogP contribution in [0.2, 0.25) is 0 Å². The zero-order valence-corrected chi connectivity index (χ0v) is 21.6. The molecule has 0 bridgehead atoms. The Morgan fingerprint density at radius 2 is 1.49 bits per heavy atom. The summed E-state index contributed by atoms with van der Waals surface area (Å²) < 4.78 is 70.6. The quantitative estimate of drug-likeness (QED) is 0.284. The highest BCUT2D eigenvalue weighted by atomic mass is 32.2.